The van der Waals surface area contributed by atoms with Gasteiger partial charge in [0, 0.05) is 0 Å². The average molecular weight is 126 g/mol. The minimum atomic E-state index is -1.07. The molecule has 2 N–H and O–H groups in total. The topological polar surface area (TPSA) is 40.5 Å². The monoisotopic (exact) mass is 126 g/mol. The van der Waals surface area contributed by atoms with Gasteiger partial charge in [0.15, 0.2) is 0 Å². The van der Waals surface area contributed by atoms with E-state index in [1.165, 1.54) is 0 Å². The number of hydrogen-bond donors (Lipinski definition) is 2. The van der Waals surface area contributed by atoms with Crippen LogP contribution >= 0.6 is 0 Å². The van der Waals surface area contributed by atoms with Crippen LogP contribution in [0.1, 0.15) is 6.92 Å². The minimum Gasteiger partial charge on any atom is -0.386 e. The molecule has 2 heteroatoms. The van der Waals surface area contributed by atoms with Gasteiger partial charge in [0.1, 0.15) is 11.7 Å². The van der Waals surface area contributed by atoms with E-state index in [2.05, 4.69) is 0 Å². The summed E-state index contributed by atoms with van der Waals surface area (Å²) in [7, 11) is 0. The van der Waals surface area contributed by atoms with E-state index in [1.54, 1.807) is 31.2 Å². The predicted molar refractivity (Wildman–Crippen MR) is 34.9 cm³/mol. The van der Waals surface area contributed by atoms with Gasteiger partial charge >= 0.3 is 0 Å². The molecule has 1 rings (SSSR count). The highest BCUT2D eigenvalue weighted by Gasteiger charge is 2.25. The summed E-state index contributed by atoms with van der Waals surface area (Å²) < 4.78 is 0. The number of aliphatic hydroxyl groups excluding tert-OH is 1. The first-order valence-electron chi connectivity index (χ1n) is 2.89. The zero-order valence-corrected chi connectivity index (χ0v) is 5.28. The Morgan fingerprint density at radius 3 is 2.44 bits per heavy atom. The van der Waals surface area contributed by atoms with E-state index in [1.807, 2.05) is 0 Å². The Morgan fingerprint density at radius 1 is 1.44 bits per heavy atom. The molecule has 0 unspecified atom stereocenters. The van der Waals surface area contributed by atoms with Crippen LogP contribution in [0.2, 0.25) is 0 Å². The van der Waals surface area contributed by atoms with E-state index in [4.69, 9.17) is 5.11 Å². The molecule has 0 spiro atoms. The summed E-state index contributed by atoms with van der Waals surface area (Å²) in [6, 6.07) is 0. The molecule has 0 saturated heterocycles. The van der Waals surface area contributed by atoms with Crippen LogP contribution < -0.4 is 0 Å². The number of allylic oxidation sites excluding steroid dienone is 2. The van der Waals surface area contributed by atoms with E-state index in [-0.39, 0.29) is 0 Å². The van der Waals surface area contributed by atoms with Crippen LogP contribution in [0.25, 0.3) is 0 Å². The lowest BCUT2D eigenvalue weighted by atomic mass is 9.95. The molecule has 1 aliphatic carbocycles. The first-order chi connectivity index (χ1) is 4.13. The predicted octanol–water partition coefficient (Wildman–Crippen LogP) is 0.224. The summed E-state index contributed by atoms with van der Waals surface area (Å²) >= 11 is 0. The molecular weight excluding hydrogens is 116 g/mol. The lowest BCUT2D eigenvalue weighted by molar-refractivity contribution is -0.000772. The Balaban J connectivity index is 2.78. The summed E-state index contributed by atoms with van der Waals surface area (Å²) in [4.78, 5) is 0. The van der Waals surface area contributed by atoms with Crippen LogP contribution in [0.5, 0.6) is 0 Å². The Bertz CT molecular complexity index is 156. The fraction of sp³-hybridized carbons (Fsp3) is 0.429. The van der Waals surface area contributed by atoms with Gasteiger partial charge in [-0.05, 0) is 6.92 Å². The summed E-state index contributed by atoms with van der Waals surface area (Å²) in [6.07, 6.45) is 5.79. The molecule has 1 aliphatic rings. The third kappa shape index (κ3) is 1.20. The van der Waals surface area contributed by atoms with Crippen molar-refractivity contribution < 1.29 is 10.2 Å². The van der Waals surface area contributed by atoms with E-state index >= 15 is 0 Å². The van der Waals surface area contributed by atoms with Gasteiger partial charge in [-0.2, -0.15) is 0 Å². The Kier molecular flexibility index (Phi) is 1.43. The number of hydrogen-bond acceptors (Lipinski definition) is 2. The fourth-order valence-corrected chi connectivity index (χ4v) is 0.713. The molecule has 0 radical (unpaired) electrons. The molecule has 0 aromatic carbocycles. The zero-order chi connectivity index (χ0) is 6.91. The molecule has 0 aliphatic heterocycles. The van der Waals surface area contributed by atoms with Gasteiger partial charge in [-0.25, -0.2) is 0 Å². The Labute approximate surface area is 54.1 Å². The second-order valence-corrected chi connectivity index (χ2v) is 2.41. The average Bonchev–Trinajstić information content (AvgIpc) is 1.77. The molecule has 0 aromatic rings. The largest absolute Gasteiger partial charge is 0.386 e. The lowest BCUT2D eigenvalue weighted by Crippen LogP contribution is -2.36. The molecule has 2 atom stereocenters. The molecule has 0 bridgehead atoms. The molecule has 9 heavy (non-hydrogen) atoms. The summed E-state index contributed by atoms with van der Waals surface area (Å²) in [5.41, 5.74) is -1.07. The van der Waals surface area contributed by atoms with Crippen molar-refractivity contribution in [2.75, 3.05) is 0 Å². The van der Waals surface area contributed by atoms with Crippen molar-refractivity contribution in [1.82, 2.24) is 0 Å². The van der Waals surface area contributed by atoms with Gasteiger partial charge in [-0.1, -0.05) is 24.3 Å². The van der Waals surface area contributed by atoms with Crippen LogP contribution in [0.4, 0.5) is 0 Å². The van der Waals surface area contributed by atoms with Crippen LogP contribution in [0, 0.1) is 0 Å². The fourth-order valence-electron chi connectivity index (χ4n) is 0.713. The maximum absolute atomic E-state index is 9.25. The van der Waals surface area contributed by atoms with Crippen molar-refractivity contribution in [2.24, 2.45) is 0 Å². The van der Waals surface area contributed by atoms with Gasteiger partial charge in [-0.3, -0.25) is 0 Å². The van der Waals surface area contributed by atoms with Gasteiger partial charge in [0.2, 0.25) is 0 Å². The highest BCUT2D eigenvalue weighted by molar-refractivity contribution is 5.20. The molecule has 0 saturated carbocycles. The van der Waals surface area contributed by atoms with Gasteiger partial charge < -0.3 is 10.2 Å². The lowest BCUT2D eigenvalue weighted by Gasteiger charge is -2.24. The van der Waals surface area contributed by atoms with Crippen molar-refractivity contribution in [3.63, 3.8) is 0 Å². The molecule has 2 nitrogen and oxygen atoms in total. The minimum absolute atomic E-state index is 0.762. The number of rotatable bonds is 0. The molecule has 0 fully saturated rings. The van der Waals surface area contributed by atoms with E-state index in [9.17, 15) is 5.11 Å². The Morgan fingerprint density at radius 2 is 2.11 bits per heavy atom. The van der Waals surface area contributed by atoms with Gasteiger partial charge in [-0.15, -0.1) is 0 Å². The van der Waals surface area contributed by atoms with Crippen molar-refractivity contribution >= 4 is 0 Å². The maximum Gasteiger partial charge on any atom is 0.110 e. The van der Waals surface area contributed by atoms with E-state index in [0.717, 1.165) is 0 Å². The molecule has 0 amide bonds. The van der Waals surface area contributed by atoms with Crippen molar-refractivity contribution in [1.29, 1.82) is 0 Å². The highest BCUT2D eigenvalue weighted by atomic mass is 16.3. The second kappa shape index (κ2) is 1.97. The van der Waals surface area contributed by atoms with Crippen molar-refractivity contribution in [3.05, 3.63) is 24.3 Å². The SMILES string of the molecule is C[C@]1(O)C=CC=C[C@H]1O. The van der Waals surface area contributed by atoms with E-state index < -0.39 is 11.7 Å². The highest BCUT2D eigenvalue weighted by Crippen LogP contribution is 2.16. The van der Waals surface area contributed by atoms with Gasteiger partial charge in [0.25, 0.3) is 0 Å². The molecule has 0 heterocycles. The zero-order valence-electron chi connectivity index (χ0n) is 5.28. The summed E-state index contributed by atoms with van der Waals surface area (Å²) in [5.74, 6) is 0. The third-order valence-corrected chi connectivity index (χ3v) is 1.44. The normalized spacial score (nSPS) is 41.4. The van der Waals surface area contributed by atoms with Gasteiger partial charge in [0.05, 0.1) is 0 Å². The maximum atomic E-state index is 9.25. The van der Waals surface area contributed by atoms with Crippen LogP contribution in [0.3, 0.4) is 0 Å². The van der Waals surface area contributed by atoms with E-state index in [0.29, 0.717) is 0 Å². The number of aliphatic hydroxyl groups is 2. The molecule has 50 valence electrons. The Hall–Kier alpha value is -0.600. The van der Waals surface area contributed by atoms with Crippen molar-refractivity contribution in [2.45, 2.75) is 18.6 Å². The smallest absolute Gasteiger partial charge is 0.110 e. The van der Waals surface area contributed by atoms with Crippen LogP contribution in [-0.4, -0.2) is 21.9 Å². The van der Waals surface area contributed by atoms with Crippen molar-refractivity contribution in [3.8, 4) is 0 Å². The summed E-state index contributed by atoms with van der Waals surface area (Å²) in [5, 5.41) is 18.3. The quantitative estimate of drug-likeness (QED) is 0.487. The van der Waals surface area contributed by atoms with Crippen LogP contribution in [-0.2, 0) is 0 Å². The standard InChI is InChI=1S/C7H10O2/c1-7(9)5-3-2-4-6(7)8/h2-6,8-9H,1H3/t6-,7+/m1/s1. The molecular formula is C7H10O2. The second-order valence-electron chi connectivity index (χ2n) is 2.41. The first-order valence-corrected chi connectivity index (χ1v) is 2.89. The summed E-state index contributed by atoms with van der Waals surface area (Å²) in [6.45, 7) is 1.57. The van der Waals surface area contributed by atoms with Crippen LogP contribution in [0.15, 0.2) is 24.3 Å². The third-order valence-electron chi connectivity index (χ3n) is 1.44. The first kappa shape index (κ1) is 6.52. The molecule has 0 aromatic heterocycles.